The van der Waals surface area contributed by atoms with E-state index >= 15 is 0 Å². The number of amidine groups is 1. The standard InChI is InChI=1S/C21H18FN3OS/c1-14-8-13-19(27-14)21-24(17-11-9-16(22)10-12-17)20(15(2)26)23-25(21)18-6-4-3-5-7-18/h3-13,21H,1-2H3. The number of nitrogens with zero attached hydrogens (tertiary/aromatic N) is 3. The van der Waals surface area contributed by atoms with Crippen molar-refractivity contribution in [2.75, 3.05) is 9.91 Å². The van der Waals surface area contributed by atoms with Crippen LogP contribution in [-0.2, 0) is 4.79 Å². The SMILES string of the molecule is CC(=O)C1=NN(c2ccccc2)C(c2ccc(C)s2)N1c1ccc(F)cc1. The number of benzene rings is 2. The van der Waals surface area contributed by atoms with Crippen molar-refractivity contribution >= 4 is 34.3 Å². The second-order valence-corrected chi connectivity index (χ2v) is 7.65. The van der Waals surface area contributed by atoms with Gasteiger partial charge < -0.3 is 0 Å². The molecule has 0 fully saturated rings. The Kier molecular flexibility index (Phi) is 4.49. The van der Waals surface area contributed by atoms with Gasteiger partial charge in [0.25, 0.3) is 0 Å². The van der Waals surface area contributed by atoms with Crippen LogP contribution in [0.2, 0.25) is 0 Å². The molecule has 1 atom stereocenters. The molecule has 1 aliphatic rings. The van der Waals surface area contributed by atoms with Crippen molar-refractivity contribution in [1.29, 1.82) is 0 Å². The summed E-state index contributed by atoms with van der Waals surface area (Å²) in [4.78, 5) is 16.5. The van der Waals surface area contributed by atoms with E-state index in [2.05, 4.69) is 17.2 Å². The number of thiophene rings is 1. The number of hydrazone groups is 1. The molecule has 0 radical (unpaired) electrons. The van der Waals surface area contributed by atoms with Gasteiger partial charge in [0.2, 0.25) is 0 Å². The third kappa shape index (κ3) is 3.24. The number of rotatable bonds is 4. The molecule has 2 aromatic carbocycles. The number of hydrogen-bond donors (Lipinski definition) is 0. The minimum Gasteiger partial charge on any atom is -0.294 e. The molecular formula is C21H18FN3OS. The summed E-state index contributed by atoms with van der Waals surface area (Å²) in [5.41, 5.74) is 1.61. The summed E-state index contributed by atoms with van der Waals surface area (Å²) in [5, 5.41) is 6.50. The topological polar surface area (TPSA) is 35.9 Å². The van der Waals surface area contributed by atoms with E-state index in [1.54, 1.807) is 23.5 Å². The van der Waals surface area contributed by atoms with Gasteiger partial charge in [0.05, 0.1) is 5.69 Å². The van der Waals surface area contributed by atoms with Crippen molar-refractivity contribution in [2.24, 2.45) is 5.10 Å². The molecule has 4 rings (SSSR count). The van der Waals surface area contributed by atoms with Gasteiger partial charge in [-0.15, -0.1) is 16.4 Å². The van der Waals surface area contributed by atoms with Crippen LogP contribution in [0.15, 0.2) is 71.8 Å². The molecule has 0 saturated carbocycles. The van der Waals surface area contributed by atoms with Crippen LogP contribution in [0.5, 0.6) is 0 Å². The molecule has 136 valence electrons. The van der Waals surface area contributed by atoms with Gasteiger partial charge in [-0.1, -0.05) is 18.2 Å². The highest BCUT2D eigenvalue weighted by molar-refractivity contribution is 7.12. The smallest absolute Gasteiger partial charge is 0.198 e. The van der Waals surface area contributed by atoms with E-state index < -0.39 is 0 Å². The van der Waals surface area contributed by atoms with E-state index in [0.717, 1.165) is 16.3 Å². The molecule has 0 amide bonds. The maximum absolute atomic E-state index is 13.5. The molecule has 0 spiro atoms. The molecule has 0 saturated heterocycles. The summed E-state index contributed by atoms with van der Waals surface area (Å²) in [5.74, 6) is -0.125. The first-order chi connectivity index (χ1) is 13.0. The molecule has 27 heavy (non-hydrogen) atoms. The number of ketones is 1. The minimum atomic E-state index is -0.317. The molecule has 2 heterocycles. The van der Waals surface area contributed by atoms with Crippen LogP contribution < -0.4 is 9.91 Å². The van der Waals surface area contributed by atoms with E-state index in [-0.39, 0.29) is 17.8 Å². The van der Waals surface area contributed by atoms with Crippen molar-refractivity contribution in [2.45, 2.75) is 20.0 Å². The van der Waals surface area contributed by atoms with Gasteiger partial charge >= 0.3 is 0 Å². The summed E-state index contributed by atoms with van der Waals surface area (Å²) in [7, 11) is 0. The Hall–Kier alpha value is -2.99. The molecule has 4 nitrogen and oxygen atoms in total. The lowest BCUT2D eigenvalue weighted by atomic mass is 10.2. The normalized spacial score (nSPS) is 16.6. The van der Waals surface area contributed by atoms with Crippen molar-refractivity contribution in [3.8, 4) is 0 Å². The zero-order valence-corrected chi connectivity index (χ0v) is 15.8. The van der Waals surface area contributed by atoms with Gasteiger partial charge in [0, 0.05) is 22.4 Å². The van der Waals surface area contributed by atoms with Gasteiger partial charge in [-0.05, 0) is 55.5 Å². The second kappa shape index (κ2) is 6.96. The van der Waals surface area contributed by atoms with Crippen LogP contribution in [0.4, 0.5) is 15.8 Å². The lowest BCUT2D eigenvalue weighted by Gasteiger charge is -2.31. The first kappa shape index (κ1) is 17.4. The van der Waals surface area contributed by atoms with Crippen molar-refractivity contribution in [1.82, 2.24) is 0 Å². The molecule has 0 N–H and O–H groups in total. The van der Waals surface area contributed by atoms with E-state index in [1.807, 2.05) is 47.2 Å². The predicted molar refractivity (Wildman–Crippen MR) is 108 cm³/mol. The number of aryl methyl sites for hydroxylation is 1. The number of anilines is 2. The number of halogens is 1. The van der Waals surface area contributed by atoms with Crippen LogP contribution >= 0.6 is 11.3 Å². The lowest BCUT2D eigenvalue weighted by Crippen LogP contribution is -2.37. The molecule has 6 heteroatoms. The van der Waals surface area contributed by atoms with Crippen molar-refractivity contribution in [3.63, 3.8) is 0 Å². The fourth-order valence-electron chi connectivity index (χ4n) is 3.15. The Morgan fingerprint density at radius 3 is 2.30 bits per heavy atom. The van der Waals surface area contributed by atoms with Gasteiger partial charge in [-0.25, -0.2) is 9.40 Å². The second-order valence-electron chi connectivity index (χ2n) is 6.33. The van der Waals surface area contributed by atoms with Crippen LogP contribution in [0, 0.1) is 12.7 Å². The monoisotopic (exact) mass is 379 g/mol. The van der Waals surface area contributed by atoms with E-state index in [9.17, 15) is 9.18 Å². The average Bonchev–Trinajstić information content (AvgIpc) is 3.27. The lowest BCUT2D eigenvalue weighted by molar-refractivity contribution is -0.111. The maximum Gasteiger partial charge on any atom is 0.198 e. The first-order valence-electron chi connectivity index (χ1n) is 8.59. The van der Waals surface area contributed by atoms with Gasteiger partial charge in [-0.3, -0.25) is 9.69 Å². The number of hydrogen-bond acceptors (Lipinski definition) is 5. The van der Waals surface area contributed by atoms with E-state index in [0.29, 0.717) is 5.84 Å². The van der Waals surface area contributed by atoms with Gasteiger partial charge in [0.1, 0.15) is 5.82 Å². The zero-order valence-electron chi connectivity index (χ0n) is 15.0. The van der Waals surface area contributed by atoms with Crippen LogP contribution in [0.3, 0.4) is 0 Å². The van der Waals surface area contributed by atoms with Crippen LogP contribution in [0.25, 0.3) is 0 Å². The Morgan fingerprint density at radius 2 is 1.70 bits per heavy atom. The fraction of sp³-hybridized carbons (Fsp3) is 0.143. The highest BCUT2D eigenvalue weighted by atomic mass is 32.1. The third-order valence-corrected chi connectivity index (χ3v) is 5.40. The molecule has 3 aromatic rings. The summed E-state index contributed by atoms with van der Waals surface area (Å²) >= 11 is 1.66. The zero-order chi connectivity index (χ0) is 19.0. The fourth-order valence-corrected chi connectivity index (χ4v) is 4.11. The van der Waals surface area contributed by atoms with Gasteiger partial charge in [0.15, 0.2) is 17.8 Å². The molecule has 0 bridgehead atoms. The molecule has 1 aliphatic heterocycles. The summed E-state index contributed by atoms with van der Waals surface area (Å²) in [6.45, 7) is 3.55. The highest BCUT2D eigenvalue weighted by Crippen LogP contribution is 2.41. The summed E-state index contributed by atoms with van der Waals surface area (Å²) in [6, 6.07) is 20.0. The minimum absolute atomic E-state index is 0.143. The van der Waals surface area contributed by atoms with Crippen LogP contribution in [0.1, 0.15) is 22.8 Å². The molecule has 0 aliphatic carbocycles. The molecule has 1 aromatic heterocycles. The molecular weight excluding hydrogens is 361 g/mol. The third-order valence-electron chi connectivity index (χ3n) is 4.36. The predicted octanol–water partition coefficient (Wildman–Crippen LogP) is 5.12. The quantitative estimate of drug-likeness (QED) is 0.631. The van der Waals surface area contributed by atoms with E-state index in [4.69, 9.17) is 0 Å². The maximum atomic E-state index is 13.5. The number of para-hydroxylation sites is 1. The average molecular weight is 379 g/mol. The number of Topliss-reactive ketones (excluding diaryl/α,β-unsaturated/α-hetero) is 1. The Labute approximate surface area is 161 Å². The van der Waals surface area contributed by atoms with Crippen molar-refractivity contribution in [3.05, 3.63) is 82.3 Å². The highest BCUT2D eigenvalue weighted by Gasteiger charge is 2.39. The Balaban J connectivity index is 1.88. The summed E-state index contributed by atoms with van der Waals surface area (Å²) < 4.78 is 13.5. The first-order valence-corrected chi connectivity index (χ1v) is 9.41. The largest absolute Gasteiger partial charge is 0.294 e. The summed E-state index contributed by atoms with van der Waals surface area (Å²) in [6.07, 6.45) is -0.310. The Morgan fingerprint density at radius 1 is 1.00 bits per heavy atom. The Bertz CT molecular complexity index is 998. The van der Waals surface area contributed by atoms with Gasteiger partial charge in [-0.2, -0.15) is 0 Å². The number of carbonyl (C=O) groups is 1. The molecule has 1 unspecified atom stereocenters. The van der Waals surface area contributed by atoms with E-state index in [1.165, 1.54) is 23.9 Å². The van der Waals surface area contributed by atoms with Crippen molar-refractivity contribution < 1.29 is 9.18 Å². The number of carbonyl (C=O) groups excluding carboxylic acids is 1. The van der Waals surface area contributed by atoms with Crippen LogP contribution in [-0.4, -0.2) is 11.6 Å².